The highest BCUT2D eigenvalue weighted by Gasteiger charge is 2.39. The van der Waals surface area contributed by atoms with Crippen LogP contribution in [0.5, 0.6) is 5.75 Å². The van der Waals surface area contributed by atoms with Gasteiger partial charge in [0.15, 0.2) is 11.3 Å². The van der Waals surface area contributed by atoms with Gasteiger partial charge in [0.1, 0.15) is 18.7 Å². The van der Waals surface area contributed by atoms with Gasteiger partial charge in [0, 0.05) is 47.1 Å². The summed E-state index contributed by atoms with van der Waals surface area (Å²) in [5, 5.41) is 3.77. The van der Waals surface area contributed by atoms with Gasteiger partial charge in [0.05, 0.1) is 31.4 Å². The van der Waals surface area contributed by atoms with Crippen molar-refractivity contribution < 1.29 is 45.3 Å². The van der Waals surface area contributed by atoms with Crippen LogP contribution in [0, 0.1) is 0 Å². The van der Waals surface area contributed by atoms with Crippen LogP contribution in [0.25, 0.3) is 0 Å². The molecule has 0 N–H and O–H groups in total. The number of alkyl halides is 6. The first-order chi connectivity index (χ1) is 20.5. The van der Waals surface area contributed by atoms with Gasteiger partial charge >= 0.3 is 12.4 Å². The fourth-order valence-corrected chi connectivity index (χ4v) is 4.95. The van der Waals surface area contributed by atoms with E-state index in [1.165, 1.54) is 13.0 Å². The van der Waals surface area contributed by atoms with Crippen molar-refractivity contribution in [2.75, 3.05) is 50.9 Å². The van der Waals surface area contributed by atoms with E-state index in [-0.39, 0.29) is 25.5 Å². The Morgan fingerprint density at radius 3 is 2.23 bits per heavy atom. The molecule has 2 aromatic rings. The van der Waals surface area contributed by atoms with Crippen molar-refractivity contribution in [3.63, 3.8) is 0 Å². The Labute approximate surface area is 251 Å². The number of anilines is 1. The lowest BCUT2D eigenvalue weighted by Crippen LogP contribution is -2.49. The van der Waals surface area contributed by atoms with E-state index in [9.17, 15) is 35.9 Å². The topological polar surface area (TPSA) is 99.0 Å². The van der Waals surface area contributed by atoms with Crippen LogP contribution in [0.2, 0.25) is 25.7 Å². The number of amides is 1. The number of nitrogens with zero attached hydrogens (tertiary/aromatic N) is 5. The SMILES string of the molecule is C[C@@H](COCCC(=O)N1CCN(c2ccc(C(F)(F)F)cn2)CC1)Oc1cnn(COCC[Si](C)(C)C)c(=O)c1C(F)(F)F. The van der Waals surface area contributed by atoms with Gasteiger partial charge in [-0.2, -0.15) is 31.4 Å². The van der Waals surface area contributed by atoms with E-state index in [1.807, 2.05) is 0 Å². The second kappa shape index (κ2) is 14.7. The molecule has 10 nitrogen and oxygen atoms in total. The second-order valence-corrected chi connectivity index (χ2v) is 17.2. The number of carbonyl (C=O) groups is 1. The summed E-state index contributed by atoms with van der Waals surface area (Å²) in [4.78, 5) is 32.4. The summed E-state index contributed by atoms with van der Waals surface area (Å²) in [6, 6.07) is 3.03. The molecule has 0 aliphatic carbocycles. The van der Waals surface area contributed by atoms with Crippen LogP contribution in [0.15, 0.2) is 29.3 Å². The normalized spacial score (nSPS) is 15.4. The number of aromatic nitrogens is 3. The zero-order chi connectivity index (χ0) is 32.7. The number of carbonyl (C=O) groups excluding carboxylic acids is 1. The average Bonchev–Trinajstić information content (AvgIpc) is 2.93. The molecule has 1 fully saturated rings. The Kier molecular flexibility index (Phi) is 11.8. The Morgan fingerprint density at radius 1 is 0.977 bits per heavy atom. The summed E-state index contributed by atoms with van der Waals surface area (Å²) in [6.07, 6.45) is -8.75. The van der Waals surface area contributed by atoms with Gasteiger partial charge in [-0.25, -0.2) is 9.67 Å². The van der Waals surface area contributed by atoms with Crippen molar-refractivity contribution in [3.05, 3.63) is 46.0 Å². The first kappa shape index (κ1) is 35.3. The number of hydrogen-bond acceptors (Lipinski definition) is 8. The lowest BCUT2D eigenvalue weighted by molar-refractivity contribution is -0.141. The predicted molar refractivity (Wildman–Crippen MR) is 151 cm³/mol. The van der Waals surface area contributed by atoms with Crippen LogP contribution < -0.4 is 15.2 Å². The Balaban J connectivity index is 1.44. The monoisotopic (exact) mass is 653 g/mol. The van der Waals surface area contributed by atoms with E-state index in [0.29, 0.717) is 43.3 Å². The van der Waals surface area contributed by atoms with Gasteiger partial charge in [-0.05, 0) is 25.1 Å². The number of hydrogen-bond donors (Lipinski definition) is 0. The highest BCUT2D eigenvalue weighted by atomic mass is 28.3. The third-order valence-electron chi connectivity index (χ3n) is 6.68. The summed E-state index contributed by atoms with van der Waals surface area (Å²) in [6.45, 7) is 8.97. The van der Waals surface area contributed by atoms with E-state index < -0.39 is 55.7 Å². The van der Waals surface area contributed by atoms with Crippen molar-refractivity contribution in [3.8, 4) is 5.75 Å². The minimum absolute atomic E-state index is 0.00829. The summed E-state index contributed by atoms with van der Waals surface area (Å²) in [7, 11) is -1.42. The van der Waals surface area contributed by atoms with Crippen LogP contribution in [-0.4, -0.2) is 85.7 Å². The van der Waals surface area contributed by atoms with Gasteiger partial charge in [0.25, 0.3) is 5.56 Å². The van der Waals surface area contributed by atoms with Gasteiger partial charge < -0.3 is 24.0 Å². The van der Waals surface area contributed by atoms with Crippen LogP contribution in [0.3, 0.4) is 0 Å². The summed E-state index contributed by atoms with van der Waals surface area (Å²) in [5.74, 6) is -0.555. The maximum atomic E-state index is 13.8. The van der Waals surface area contributed by atoms with Crippen molar-refractivity contribution in [2.45, 2.75) is 64.2 Å². The van der Waals surface area contributed by atoms with Crippen LogP contribution in [-0.2, 0) is 33.4 Å². The molecule has 246 valence electrons. The minimum atomic E-state index is -4.99. The number of rotatable bonds is 13. The van der Waals surface area contributed by atoms with E-state index >= 15 is 0 Å². The van der Waals surface area contributed by atoms with Crippen LogP contribution >= 0.6 is 0 Å². The highest BCUT2D eigenvalue weighted by Crippen LogP contribution is 2.33. The fourth-order valence-electron chi connectivity index (χ4n) is 4.19. The van der Waals surface area contributed by atoms with Crippen LogP contribution in [0.1, 0.15) is 24.5 Å². The summed E-state index contributed by atoms with van der Waals surface area (Å²) < 4.78 is 96.3. The molecule has 44 heavy (non-hydrogen) atoms. The molecule has 17 heteroatoms. The smallest absolute Gasteiger partial charge is 0.425 e. The third-order valence-corrected chi connectivity index (χ3v) is 8.38. The molecule has 0 spiro atoms. The molecule has 1 atom stereocenters. The quantitative estimate of drug-likeness (QED) is 0.177. The molecule has 1 aliphatic heterocycles. The number of halogens is 6. The average molecular weight is 654 g/mol. The van der Waals surface area contributed by atoms with Gasteiger partial charge in [0.2, 0.25) is 5.91 Å². The first-order valence-electron chi connectivity index (χ1n) is 14.0. The van der Waals surface area contributed by atoms with Crippen molar-refractivity contribution in [1.82, 2.24) is 19.7 Å². The number of ether oxygens (including phenoxy) is 3. The molecule has 3 heterocycles. The number of pyridine rings is 1. The Hall–Kier alpha value is -3.18. The van der Waals surface area contributed by atoms with E-state index in [4.69, 9.17) is 14.2 Å². The van der Waals surface area contributed by atoms with E-state index in [2.05, 4.69) is 29.7 Å². The van der Waals surface area contributed by atoms with Crippen molar-refractivity contribution >= 4 is 19.8 Å². The predicted octanol–water partition coefficient (Wildman–Crippen LogP) is 4.51. The molecular formula is C27H37F6N5O5Si. The maximum absolute atomic E-state index is 13.8. The van der Waals surface area contributed by atoms with E-state index in [1.54, 1.807) is 9.80 Å². The number of piperazine rings is 1. The second-order valence-electron chi connectivity index (χ2n) is 11.6. The van der Waals surface area contributed by atoms with Gasteiger partial charge in [-0.1, -0.05) is 19.6 Å². The molecule has 2 aromatic heterocycles. The van der Waals surface area contributed by atoms with Gasteiger partial charge in [-0.15, -0.1) is 0 Å². The van der Waals surface area contributed by atoms with Crippen LogP contribution in [0.4, 0.5) is 32.2 Å². The summed E-state index contributed by atoms with van der Waals surface area (Å²) in [5.41, 5.74) is -3.71. The molecule has 0 radical (unpaired) electrons. The minimum Gasteiger partial charge on any atom is -0.486 e. The molecular weight excluding hydrogens is 616 g/mol. The van der Waals surface area contributed by atoms with Crippen molar-refractivity contribution in [2.24, 2.45) is 0 Å². The standard InChI is InChI=1S/C27H37F6N5O5Si/c1-19(43-21-16-35-38(18-42-13-14-44(2,3)4)25(40)24(21)27(31,32)33)17-41-12-7-23(39)37-10-8-36(9-11-37)22-6-5-20(15-34-22)26(28,29)30/h5-6,15-16,19H,7-14,17-18H2,1-4H3/t19-/m0/s1. The van der Waals surface area contributed by atoms with E-state index in [0.717, 1.165) is 24.5 Å². The lowest BCUT2D eigenvalue weighted by atomic mass is 10.2. The molecule has 0 unspecified atom stereocenters. The zero-order valence-electron chi connectivity index (χ0n) is 25.0. The Bertz CT molecular complexity index is 1290. The molecule has 0 saturated carbocycles. The molecule has 1 aliphatic rings. The summed E-state index contributed by atoms with van der Waals surface area (Å²) >= 11 is 0. The van der Waals surface area contributed by atoms with Crippen molar-refractivity contribution in [1.29, 1.82) is 0 Å². The maximum Gasteiger partial charge on any atom is 0.425 e. The van der Waals surface area contributed by atoms with Gasteiger partial charge in [-0.3, -0.25) is 9.59 Å². The first-order valence-corrected chi connectivity index (χ1v) is 17.7. The highest BCUT2D eigenvalue weighted by molar-refractivity contribution is 6.76. The molecule has 1 saturated heterocycles. The third kappa shape index (κ3) is 10.5. The largest absolute Gasteiger partial charge is 0.486 e. The fraction of sp³-hybridized carbons (Fsp3) is 0.630. The zero-order valence-corrected chi connectivity index (χ0v) is 26.0. The molecule has 0 aromatic carbocycles. The Morgan fingerprint density at radius 2 is 1.66 bits per heavy atom. The molecule has 0 bridgehead atoms. The lowest BCUT2D eigenvalue weighted by Gasteiger charge is -2.35. The molecule has 1 amide bonds. The molecule has 3 rings (SSSR count).